The van der Waals surface area contributed by atoms with Crippen molar-refractivity contribution < 1.29 is 0 Å². The van der Waals surface area contributed by atoms with Crippen molar-refractivity contribution in [2.45, 2.75) is 0 Å². The van der Waals surface area contributed by atoms with E-state index in [-0.39, 0.29) is 0 Å². The number of anilines is 2. The monoisotopic (exact) mass is 366 g/mol. The summed E-state index contributed by atoms with van der Waals surface area (Å²) in [5.74, 6) is 1.30. The maximum absolute atomic E-state index is 6.11. The van der Waals surface area contributed by atoms with Gasteiger partial charge in [0.1, 0.15) is 5.82 Å². The molecule has 0 saturated heterocycles. The molecular formula is C19H12Cl2N4. The first-order valence-corrected chi connectivity index (χ1v) is 8.35. The van der Waals surface area contributed by atoms with E-state index >= 15 is 0 Å². The van der Waals surface area contributed by atoms with Gasteiger partial charge < -0.3 is 5.32 Å². The van der Waals surface area contributed by atoms with Gasteiger partial charge >= 0.3 is 0 Å². The van der Waals surface area contributed by atoms with Crippen LogP contribution < -0.4 is 5.32 Å². The van der Waals surface area contributed by atoms with Crippen LogP contribution in [0.5, 0.6) is 0 Å². The van der Waals surface area contributed by atoms with Gasteiger partial charge in [0.25, 0.3) is 0 Å². The van der Waals surface area contributed by atoms with Crippen molar-refractivity contribution in [3.05, 3.63) is 77.0 Å². The Labute approximate surface area is 154 Å². The van der Waals surface area contributed by atoms with Crippen molar-refractivity contribution in [2.24, 2.45) is 0 Å². The second-order valence-electron chi connectivity index (χ2n) is 5.41. The summed E-state index contributed by atoms with van der Waals surface area (Å²) in [4.78, 5) is 13.5. The van der Waals surface area contributed by atoms with Crippen LogP contribution in [0.1, 0.15) is 0 Å². The molecule has 2 heterocycles. The molecule has 0 saturated carbocycles. The van der Waals surface area contributed by atoms with E-state index in [2.05, 4.69) is 20.3 Å². The summed E-state index contributed by atoms with van der Waals surface area (Å²) in [5, 5.41) is 5.22. The second kappa shape index (κ2) is 6.67. The Bertz CT molecular complexity index is 1050. The lowest BCUT2D eigenvalue weighted by molar-refractivity contribution is 1.20. The van der Waals surface area contributed by atoms with Gasteiger partial charge in [-0.2, -0.15) is 0 Å². The van der Waals surface area contributed by atoms with Gasteiger partial charge in [-0.25, -0.2) is 9.97 Å². The van der Waals surface area contributed by atoms with Crippen LogP contribution in [0.2, 0.25) is 10.0 Å². The summed E-state index contributed by atoms with van der Waals surface area (Å²) in [6, 6.07) is 17.0. The lowest BCUT2D eigenvalue weighted by Crippen LogP contribution is -1.99. The highest BCUT2D eigenvalue weighted by molar-refractivity contribution is 6.42. The van der Waals surface area contributed by atoms with Crippen LogP contribution in [0.25, 0.3) is 22.3 Å². The Kier molecular flexibility index (Phi) is 4.22. The number of pyridine rings is 1. The van der Waals surface area contributed by atoms with Crippen LogP contribution in [0.4, 0.5) is 11.5 Å². The van der Waals surface area contributed by atoms with Crippen molar-refractivity contribution in [2.75, 3.05) is 5.32 Å². The molecule has 6 heteroatoms. The van der Waals surface area contributed by atoms with Gasteiger partial charge in [0, 0.05) is 29.0 Å². The third kappa shape index (κ3) is 3.27. The highest BCUT2D eigenvalue weighted by Gasteiger charge is 2.10. The summed E-state index contributed by atoms with van der Waals surface area (Å²) < 4.78 is 0. The molecule has 0 bridgehead atoms. The maximum Gasteiger partial charge on any atom is 0.163 e. The molecule has 2 aromatic heterocycles. The molecule has 0 aliphatic rings. The number of aromatic nitrogens is 3. The molecule has 25 heavy (non-hydrogen) atoms. The van der Waals surface area contributed by atoms with Crippen LogP contribution in [-0.2, 0) is 0 Å². The van der Waals surface area contributed by atoms with Gasteiger partial charge in [0.05, 0.1) is 15.6 Å². The van der Waals surface area contributed by atoms with Gasteiger partial charge in [0.2, 0.25) is 0 Å². The summed E-state index contributed by atoms with van der Waals surface area (Å²) in [7, 11) is 0. The average molecular weight is 367 g/mol. The molecule has 0 atom stereocenters. The van der Waals surface area contributed by atoms with Crippen LogP contribution in [0, 0.1) is 0 Å². The van der Waals surface area contributed by atoms with Crippen molar-refractivity contribution in [3.63, 3.8) is 0 Å². The molecule has 0 fully saturated rings. The third-order valence-corrected chi connectivity index (χ3v) is 4.44. The highest BCUT2D eigenvalue weighted by Crippen LogP contribution is 2.30. The summed E-state index contributed by atoms with van der Waals surface area (Å²) in [5.41, 5.74) is 2.50. The summed E-state index contributed by atoms with van der Waals surface area (Å²) in [6.45, 7) is 0. The first-order chi connectivity index (χ1) is 12.2. The molecule has 0 unspecified atom stereocenters. The predicted octanol–water partition coefficient (Wildman–Crippen LogP) is 5.74. The standard InChI is InChI=1S/C19H12Cl2N4/c20-15-8-7-13(10-16(15)21)23-19-14-5-1-2-6-17(14)24-18(25-19)12-4-3-9-22-11-12/h1-11H,(H,23,24,25). The minimum Gasteiger partial charge on any atom is -0.340 e. The zero-order chi connectivity index (χ0) is 17.2. The molecule has 0 amide bonds. The Balaban J connectivity index is 1.85. The summed E-state index contributed by atoms with van der Waals surface area (Å²) in [6.07, 6.45) is 3.46. The number of nitrogens with one attached hydrogen (secondary N) is 1. The molecule has 1 N–H and O–H groups in total. The Morgan fingerprint density at radius 3 is 2.52 bits per heavy atom. The normalized spacial score (nSPS) is 10.8. The molecule has 4 aromatic rings. The van der Waals surface area contributed by atoms with Crippen molar-refractivity contribution in [1.29, 1.82) is 0 Å². The molecule has 0 aliphatic carbocycles. The zero-order valence-corrected chi connectivity index (χ0v) is 14.5. The summed E-state index contributed by atoms with van der Waals surface area (Å²) >= 11 is 12.1. The van der Waals surface area contributed by atoms with Gasteiger partial charge in [-0.3, -0.25) is 4.98 Å². The van der Waals surface area contributed by atoms with E-state index in [4.69, 9.17) is 23.2 Å². The molecule has 2 aromatic carbocycles. The number of hydrogen-bond donors (Lipinski definition) is 1. The number of benzene rings is 2. The quantitative estimate of drug-likeness (QED) is 0.502. The first kappa shape index (κ1) is 15.8. The van der Waals surface area contributed by atoms with Crippen molar-refractivity contribution in [1.82, 2.24) is 15.0 Å². The number of para-hydroxylation sites is 1. The molecule has 122 valence electrons. The van der Waals surface area contributed by atoms with Crippen LogP contribution in [-0.4, -0.2) is 15.0 Å². The molecule has 0 aliphatic heterocycles. The number of hydrogen-bond acceptors (Lipinski definition) is 4. The minimum atomic E-state index is 0.484. The highest BCUT2D eigenvalue weighted by atomic mass is 35.5. The molecular weight excluding hydrogens is 355 g/mol. The van der Waals surface area contributed by atoms with Gasteiger partial charge in [-0.1, -0.05) is 35.3 Å². The largest absolute Gasteiger partial charge is 0.340 e. The van der Waals surface area contributed by atoms with Gasteiger partial charge in [-0.05, 0) is 42.5 Å². The molecule has 4 nitrogen and oxygen atoms in total. The van der Waals surface area contributed by atoms with E-state index in [0.29, 0.717) is 21.7 Å². The Hall–Kier alpha value is -2.69. The van der Waals surface area contributed by atoms with E-state index in [1.165, 1.54) is 0 Å². The maximum atomic E-state index is 6.11. The molecule has 4 rings (SSSR count). The molecule has 0 spiro atoms. The van der Waals surface area contributed by atoms with Gasteiger partial charge in [0.15, 0.2) is 5.82 Å². The predicted molar refractivity (Wildman–Crippen MR) is 103 cm³/mol. The number of rotatable bonds is 3. The number of halogens is 2. The average Bonchev–Trinajstić information content (AvgIpc) is 2.65. The van der Waals surface area contributed by atoms with Crippen LogP contribution >= 0.6 is 23.2 Å². The third-order valence-electron chi connectivity index (χ3n) is 3.71. The van der Waals surface area contributed by atoms with Crippen molar-refractivity contribution in [3.8, 4) is 11.4 Å². The molecule has 0 radical (unpaired) electrons. The Morgan fingerprint density at radius 1 is 0.840 bits per heavy atom. The first-order valence-electron chi connectivity index (χ1n) is 7.60. The SMILES string of the molecule is Clc1ccc(Nc2nc(-c3cccnc3)nc3ccccc23)cc1Cl. The number of fused-ring (bicyclic) bond motifs is 1. The van der Waals surface area contributed by atoms with Crippen LogP contribution in [0.15, 0.2) is 67.0 Å². The number of nitrogens with zero attached hydrogens (tertiary/aromatic N) is 3. The lowest BCUT2D eigenvalue weighted by Gasteiger charge is -2.11. The van der Waals surface area contributed by atoms with Crippen LogP contribution in [0.3, 0.4) is 0 Å². The van der Waals surface area contributed by atoms with E-state index in [1.807, 2.05) is 42.5 Å². The minimum absolute atomic E-state index is 0.484. The Morgan fingerprint density at radius 2 is 1.72 bits per heavy atom. The van der Waals surface area contributed by atoms with E-state index in [0.717, 1.165) is 22.2 Å². The fraction of sp³-hybridized carbons (Fsp3) is 0. The lowest BCUT2D eigenvalue weighted by atomic mass is 10.2. The topological polar surface area (TPSA) is 50.7 Å². The smallest absolute Gasteiger partial charge is 0.163 e. The zero-order valence-electron chi connectivity index (χ0n) is 12.9. The van der Waals surface area contributed by atoms with E-state index < -0.39 is 0 Å². The van der Waals surface area contributed by atoms with E-state index in [9.17, 15) is 0 Å². The van der Waals surface area contributed by atoms with Crippen molar-refractivity contribution >= 4 is 45.6 Å². The second-order valence-corrected chi connectivity index (χ2v) is 6.22. The fourth-order valence-electron chi connectivity index (χ4n) is 2.51. The van der Waals surface area contributed by atoms with E-state index in [1.54, 1.807) is 24.5 Å². The van der Waals surface area contributed by atoms with Gasteiger partial charge in [-0.15, -0.1) is 0 Å². The fourth-order valence-corrected chi connectivity index (χ4v) is 2.80.